The maximum Gasteiger partial charge on any atom is 0.419 e. The molecule has 2 aromatic heterocycles. The number of aromatic nitrogens is 1. The molecular weight excluding hydrogens is 352 g/mol. The van der Waals surface area contributed by atoms with Crippen LogP contribution in [0.3, 0.4) is 0 Å². The fourth-order valence-electron chi connectivity index (χ4n) is 2.43. The van der Waals surface area contributed by atoms with Gasteiger partial charge in [-0.15, -0.1) is 11.3 Å². The van der Waals surface area contributed by atoms with Gasteiger partial charge in [-0.2, -0.15) is 0 Å². The van der Waals surface area contributed by atoms with E-state index in [1.807, 2.05) is 25.2 Å². The van der Waals surface area contributed by atoms with E-state index in [1.54, 1.807) is 18.4 Å². The molecule has 1 N–H and O–H groups in total. The van der Waals surface area contributed by atoms with Crippen LogP contribution in [0.2, 0.25) is 0 Å². The molecule has 0 aliphatic carbocycles. The van der Waals surface area contributed by atoms with E-state index in [4.69, 9.17) is 4.42 Å². The summed E-state index contributed by atoms with van der Waals surface area (Å²) in [5, 5.41) is 3.32. The summed E-state index contributed by atoms with van der Waals surface area (Å²) in [6, 6.07) is 8.13. The minimum Gasteiger partial charge on any atom is -0.408 e. The average Bonchev–Trinajstić information content (AvgIpc) is 2.92. The Labute approximate surface area is 134 Å². The first-order valence-electron chi connectivity index (χ1n) is 6.54. The Morgan fingerprint density at radius 3 is 2.76 bits per heavy atom. The number of hydrogen-bond donors (Lipinski definition) is 1. The second-order valence-electron chi connectivity index (χ2n) is 4.98. The molecule has 0 amide bonds. The van der Waals surface area contributed by atoms with Gasteiger partial charge in [0.2, 0.25) is 0 Å². The van der Waals surface area contributed by atoms with Crippen LogP contribution in [0.5, 0.6) is 0 Å². The van der Waals surface area contributed by atoms with Crippen LogP contribution in [0.25, 0.3) is 11.1 Å². The largest absolute Gasteiger partial charge is 0.419 e. The Hall–Kier alpha value is -1.37. The number of thiophene rings is 1. The molecule has 110 valence electrons. The number of nitrogens with one attached hydrogen (secondary N) is 1. The van der Waals surface area contributed by atoms with Crippen molar-refractivity contribution in [2.75, 3.05) is 7.05 Å². The topological polar surface area (TPSA) is 47.2 Å². The summed E-state index contributed by atoms with van der Waals surface area (Å²) >= 11 is 5.28. The summed E-state index contributed by atoms with van der Waals surface area (Å²) in [5.74, 6) is -0.335. The lowest BCUT2D eigenvalue weighted by Gasteiger charge is -2.14. The van der Waals surface area contributed by atoms with E-state index in [9.17, 15) is 4.79 Å². The number of hydrogen-bond acceptors (Lipinski definition) is 4. The zero-order chi connectivity index (χ0) is 15.1. The second kappa shape index (κ2) is 5.44. The molecule has 1 unspecified atom stereocenters. The lowest BCUT2D eigenvalue weighted by molar-refractivity contribution is 0.527. The smallest absolute Gasteiger partial charge is 0.408 e. The first-order chi connectivity index (χ1) is 10.0. The zero-order valence-electron chi connectivity index (χ0n) is 11.9. The molecule has 0 spiro atoms. The van der Waals surface area contributed by atoms with Gasteiger partial charge in [0.25, 0.3) is 0 Å². The van der Waals surface area contributed by atoms with Crippen LogP contribution in [0.4, 0.5) is 0 Å². The van der Waals surface area contributed by atoms with E-state index in [0.29, 0.717) is 5.58 Å². The molecule has 0 saturated heterocycles. The van der Waals surface area contributed by atoms with Crippen LogP contribution in [0.15, 0.2) is 37.3 Å². The minimum atomic E-state index is -0.335. The molecule has 1 atom stereocenters. The van der Waals surface area contributed by atoms with Gasteiger partial charge in [-0.05, 0) is 59.2 Å². The van der Waals surface area contributed by atoms with Crippen molar-refractivity contribution in [1.29, 1.82) is 0 Å². The van der Waals surface area contributed by atoms with E-state index < -0.39 is 0 Å². The van der Waals surface area contributed by atoms with Gasteiger partial charge in [-0.1, -0.05) is 6.07 Å². The van der Waals surface area contributed by atoms with Crippen molar-refractivity contribution in [3.63, 3.8) is 0 Å². The van der Waals surface area contributed by atoms with Crippen molar-refractivity contribution in [3.05, 3.63) is 54.6 Å². The highest BCUT2D eigenvalue weighted by Gasteiger charge is 2.17. The number of nitrogens with zero attached hydrogens (tertiary/aromatic N) is 1. The third kappa shape index (κ3) is 2.47. The van der Waals surface area contributed by atoms with Gasteiger partial charge in [0, 0.05) is 11.9 Å². The third-order valence-corrected chi connectivity index (χ3v) is 5.80. The highest BCUT2D eigenvalue weighted by atomic mass is 79.9. The summed E-state index contributed by atoms with van der Waals surface area (Å²) in [7, 11) is 3.64. The predicted octanol–water partition coefficient (Wildman–Crippen LogP) is 3.57. The molecule has 2 heterocycles. The quantitative estimate of drug-likeness (QED) is 0.770. The molecule has 0 aliphatic heterocycles. The van der Waals surface area contributed by atoms with Crippen LogP contribution >= 0.6 is 27.3 Å². The van der Waals surface area contributed by atoms with Gasteiger partial charge < -0.3 is 9.73 Å². The van der Waals surface area contributed by atoms with Gasteiger partial charge in [0.05, 0.1) is 15.3 Å². The molecule has 21 heavy (non-hydrogen) atoms. The van der Waals surface area contributed by atoms with Crippen LogP contribution in [0, 0.1) is 6.92 Å². The zero-order valence-corrected chi connectivity index (χ0v) is 14.3. The summed E-state index contributed by atoms with van der Waals surface area (Å²) in [6.45, 7) is 2.08. The standard InChI is InChI=1S/C15H15BrN2O2S/c1-8-6-12(21-14(8)16)13(17-2)9-4-5-10-11(7-9)20-15(19)18(10)3/h4-7,13,17H,1-3H3. The van der Waals surface area contributed by atoms with E-state index in [2.05, 4.69) is 34.2 Å². The van der Waals surface area contributed by atoms with Crippen molar-refractivity contribution < 1.29 is 4.42 Å². The molecule has 0 aliphatic rings. The van der Waals surface area contributed by atoms with E-state index in [1.165, 1.54) is 15.0 Å². The number of aryl methyl sites for hydroxylation is 2. The first-order valence-corrected chi connectivity index (χ1v) is 8.14. The molecule has 0 radical (unpaired) electrons. The number of oxazole rings is 1. The highest BCUT2D eigenvalue weighted by molar-refractivity contribution is 9.11. The predicted molar refractivity (Wildman–Crippen MR) is 89.1 cm³/mol. The normalized spacial score (nSPS) is 13.0. The number of benzene rings is 1. The Balaban J connectivity index is 2.10. The SMILES string of the molecule is CNC(c1ccc2c(c1)oc(=O)n2C)c1cc(C)c(Br)s1. The lowest BCUT2D eigenvalue weighted by atomic mass is 10.0. The molecule has 0 saturated carbocycles. The third-order valence-electron chi connectivity index (χ3n) is 3.60. The van der Waals surface area contributed by atoms with E-state index >= 15 is 0 Å². The summed E-state index contributed by atoms with van der Waals surface area (Å²) in [4.78, 5) is 12.8. The monoisotopic (exact) mass is 366 g/mol. The van der Waals surface area contributed by atoms with Crippen LogP contribution in [-0.2, 0) is 7.05 Å². The fourth-order valence-corrected chi connectivity index (χ4v) is 4.14. The lowest BCUT2D eigenvalue weighted by Crippen LogP contribution is -2.16. The Morgan fingerprint density at radius 2 is 2.14 bits per heavy atom. The molecule has 1 aromatic carbocycles. The average molecular weight is 367 g/mol. The van der Waals surface area contributed by atoms with Crippen molar-refractivity contribution in [2.45, 2.75) is 13.0 Å². The molecule has 3 rings (SSSR count). The minimum absolute atomic E-state index is 0.0786. The second-order valence-corrected chi connectivity index (χ2v) is 7.38. The molecule has 0 fully saturated rings. The van der Waals surface area contributed by atoms with Crippen molar-refractivity contribution in [2.24, 2.45) is 7.05 Å². The number of fused-ring (bicyclic) bond motifs is 1. The van der Waals surface area contributed by atoms with Crippen molar-refractivity contribution in [3.8, 4) is 0 Å². The molecule has 4 nitrogen and oxygen atoms in total. The number of halogens is 1. The maximum atomic E-state index is 11.6. The summed E-state index contributed by atoms with van der Waals surface area (Å²) in [5.41, 5.74) is 3.73. The number of rotatable bonds is 3. The summed E-state index contributed by atoms with van der Waals surface area (Å²) in [6.07, 6.45) is 0. The molecule has 3 aromatic rings. The molecule has 6 heteroatoms. The fraction of sp³-hybridized carbons (Fsp3) is 0.267. The van der Waals surface area contributed by atoms with Gasteiger partial charge in [0.1, 0.15) is 0 Å². The van der Waals surface area contributed by atoms with Crippen LogP contribution < -0.4 is 11.1 Å². The Morgan fingerprint density at radius 1 is 1.38 bits per heavy atom. The molecule has 0 bridgehead atoms. The first kappa shape index (κ1) is 14.6. The highest BCUT2D eigenvalue weighted by Crippen LogP contribution is 2.34. The van der Waals surface area contributed by atoms with E-state index in [-0.39, 0.29) is 11.8 Å². The van der Waals surface area contributed by atoms with Gasteiger partial charge in [0.15, 0.2) is 5.58 Å². The van der Waals surface area contributed by atoms with Gasteiger partial charge in [-0.3, -0.25) is 4.57 Å². The summed E-state index contributed by atoms with van der Waals surface area (Å²) < 4.78 is 7.93. The Bertz CT molecular complexity index is 843. The molecular formula is C15H15BrN2O2S. The van der Waals surface area contributed by atoms with E-state index in [0.717, 1.165) is 14.9 Å². The van der Waals surface area contributed by atoms with Gasteiger partial charge >= 0.3 is 5.76 Å². The van der Waals surface area contributed by atoms with Crippen molar-refractivity contribution >= 4 is 38.4 Å². The Kier molecular flexibility index (Phi) is 3.77. The van der Waals surface area contributed by atoms with Crippen LogP contribution in [0.1, 0.15) is 22.0 Å². The maximum absolute atomic E-state index is 11.6. The van der Waals surface area contributed by atoms with Crippen molar-refractivity contribution in [1.82, 2.24) is 9.88 Å². The van der Waals surface area contributed by atoms with Crippen LogP contribution in [-0.4, -0.2) is 11.6 Å². The van der Waals surface area contributed by atoms with Gasteiger partial charge in [-0.25, -0.2) is 4.79 Å².